The van der Waals surface area contributed by atoms with Gasteiger partial charge in [0.05, 0.1) is 31.8 Å². The van der Waals surface area contributed by atoms with Gasteiger partial charge in [-0.25, -0.2) is 17.9 Å². The van der Waals surface area contributed by atoms with Crippen molar-refractivity contribution in [1.29, 1.82) is 0 Å². The molecule has 8 nitrogen and oxygen atoms in total. The zero-order valence-electron chi connectivity index (χ0n) is 19.6. The van der Waals surface area contributed by atoms with Gasteiger partial charge in [0, 0.05) is 35.1 Å². The number of H-pyrrole nitrogens is 1. The van der Waals surface area contributed by atoms with E-state index in [1.165, 1.54) is 31.4 Å². The molecule has 9 heteroatoms. The Labute approximate surface area is 203 Å². The van der Waals surface area contributed by atoms with E-state index in [4.69, 9.17) is 14.2 Å². The number of carbonyl (C=O) groups excluding carboxylic acids is 1. The van der Waals surface area contributed by atoms with Crippen molar-refractivity contribution in [3.05, 3.63) is 89.6 Å². The second-order valence-corrected chi connectivity index (χ2v) is 9.56. The summed E-state index contributed by atoms with van der Waals surface area (Å²) >= 11 is 0. The molecule has 1 unspecified atom stereocenters. The molecule has 0 bridgehead atoms. The summed E-state index contributed by atoms with van der Waals surface area (Å²) in [6, 6.07) is 19.1. The highest BCUT2D eigenvalue weighted by Gasteiger charge is 2.26. The minimum absolute atomic E-state index is 0.0318. The van der Waals surface area contributed by atoms with Crippen LogP contribution < -0.4 is 14.2 Å². The lowest BCUT2D eigenvalue weighted by Gasteiger charge is -2.22. The number of ether oxygens (including phenoxy) is 3. The van der Waals surface area contributed by atoms with Crippen LogP contribution in [0, 0.1) is 0 Å². The zero-order chi connectivity index (χ0) is 25.0. The lowest BCUT2D eigenvalue weighted by Crippen LogP contribution is -2.29. The quantitative estimate of drug-likeness (QED) is 0.340. The van der Waals surface area contributed by atoms with E-state index in [0.717, 1.165) is 22.0 Å². The minimum Gasteiger partial charge on any atom is -0.493 e. The summed E-state index contributed by atoms with van der Waals surface area (Å²) in [5.74, 6) is 0.0512. The first-order chi connectivity index (χ1) is 16.9. The monoisotopic (exact) mass is 494 g/mol. The largest absolute Gasteiger partial charge is 0.493 e. The van der Waals surface area contributed by atoms with Gasteiger partial charge in [-0.05, 0) is 35.9 Å². The van der Waals surface area contributed by atoms with Gasteiger partial charge in [0.25, 0.3) is 0 Å². The molecule has 2 N–H and O–H groups in total. The van der Waals surface area contributed by atoms with Crippen LogP contribution in [0.2, 0.25) is 0 Å². The maximum Gasteiger partial charge on any atom is 0.337 e. The van der Waals surface area contributed by atoms with E-state index in [0.29, 0.717) is 11.5 Å². The van der Waals surface area contributed by atoms with E-state index in [9.17, 15) is 13.2 Å². The van der Waals surface area contributed by atoms with E-state index in [1.807, 2.05) is 42.6 Å². The number of methoxy groups -OCH3 is 3. The number of para-hydroxylation sites is 2. The summed E-state index contributed by atoms with van der Waals surface area (Å²) in [5, 5.41) is 0.967. The molecular formula is C26H26N2O6S. The van der Waals surface area contributed by atoms with Crippen LogP contribution in [0.25, 0.3) is 10.9 Å². The number of aromatic nitrogens is 1. The van der Waals surface area contributed by atoms with Crippen LogP contribution in [0.5, 0.6) is 11.5 Å². The number of fused-ring (bicyclic) bond motifs is 1. The van der Waals surface area contributed by atoms with E-state index in [1.54, 1.807) is 20.3 Å². The lowest BCUT2D eigenvalue weighted by molar-refractivity contribution is 0.0600. The van der Waals surface area contributed by atoms with Gasteiger partial charge in [-0.2, -0.15) is 0 Å². The van der Waals surface area contributed by atoms with Gasteiger partial charge in [0.1, 0.15) is 0 Å². The molecule has 4 rings (SSSR count). The Kier molecular flexibility index (Phi) is 7.09. The van der Waals surface area contributed by atoms with Crippen LogP contribution in [-0.4, -0.2) is 47.2 Å². The summed E-state index contributed by atoms with van der Waals surface area (Å²) in [6.45, 7) is 0.0379. The van der Waals surface area contributed by atoms with Crippen molar-refractivity contribution in [2.45, 2.75) is 10.8 Å². The zero-order valence-corrected chi connectivity index (χ0v) is 20.4. The van der Waals surface area contributed by atoms with Crippen LogP contribution >= 0.6 is 0 Å². The maximum absolute atomic E-state index is 13.2. The molecule has 1 aromatic heterocycles. The summed E-state index contributed by atoms with van der Waals surface area (Å²) in [4.78, 5) is 15.1. The highest BCUT2D eigenvalue weighted by atomic mass is 32.2. The van der Waals surface area contributed by atoms with E-state index in [2.05, 4.69) is 9.71 Å². The van der Waals surface area contributed by atoms with Crippen LogP contribution in [-0.2, 0) is 14.8 Å². The molecule has 0 saturated carbocycles. The van der Waals surface area contributed by atoms with Gasteiger partial charge >= 0.3 is 5.97 Å². The molecule has 1 heterocycles. The molecule has 0 saturated heterocycles. The summed E-state index contributed by atoms with van der Waals surface area (Å²) < 4.78 is 45.0. The Morgan fingerprint density at radius 3 is 2.46 bits per heavy atom. The second-order valence-electron chi connectivity index (χ2n) is 7.80. The fourth-order valence-electron chi connectivity index (χ4n) is 4.14. The number of hydrogen-bond acceptors (Lipinski definition) is 6. The molecule has 0 aliphatic rings. The van der Waals surface area contributed by atoms with Crippen molar-refractivity contribution in [1.82, 2.24) is 9.71 Å². The Bertz CT molecular complexity index is 1460. The Morgan fingerprint density at radius 1 is 0.943 bits per heavy atom. The number of aromatic amines is 1. The molecule has 0 radical (unpaired) electrons. The van der Waals surface area contributed by atoms with Crippen LogP contribution in [0.4, 0.5) is 0 Å². The van der Waals surface area contributed by atoms with Gasteiger partial charge in [-0.15, -0.1) is 0 Å². The summed E-state index contributed by atoms with van der Waals surface area (Å²) in [7, 11) is 0.404. The van der Waals surface area contributed by atoms with E-state index < -0.39 is 21.9 Å². The molecule has 0 amide bonds. The van der Waals surface area contributed by atoms with E-state index in [-0.39, 0.29) is 17.0 Å². The van der Waals surface area contributed by atoms with Crippen molar-refractivity contribution >= 4 is 26.9 Å². The SMILES string of the molecule is COC(=O)c1cccc(S(=O)(=O)NCC(c2cccc(OC)c2OC)c2c[nH]c3ccccc23)c1. The number of rotatable bonds is 9. The van der Waals surface area contributed by atoms with E-state index >= 15 is 0 Å². The summed E-state index contributed by atoms with van der Waals surface area (Å²) in [6.07, 6.45) is 1.88. The molecule has 0 spiro atoms. The highest BCUT2D eigenvalue weighted by molar-refractivity contribution is 7.89. The van der Waals surface area contributed by atoms with Gasteiger partial charge < -0.3 is 19.2 Å². The molecule has 1 atom stereocenters. The third-order valence-electron chi connectivity index (χ3n) is 5.85. The highest BCUT2D eigenvalue weighted by Crippen LogP contribution is 2.40. The molecular weight excluding hydrogens is 468 g/mol. The second kappa shape index (κ2) is 10.2. The van der Waals surface area contributed by atoms with Crippen molar-refractivity contribution in [2.75, 3.05) is 27.9 Å². The number of benzene rings is 3. The Hall–Kier alpha value is -3.82. The maximum atomic E-state index is 13.2. The molecule has 0 fully saturated rings. The Balaban J connectivity index is 1.76. The molecule has 3 aromatic carbocycles. The fourth-order valence-corrected chi connectivity index (χ4v) is 5.23. The number of esters is 1. The first-order valence-electron chi connectivity index (χ1n) is 10.8. The Morgan fingerprint density at radius 2 is 1.71 bits per heavy atom. The molecule has 35 heavy (non-hydrogen) atoms. The van der Waals surface area contributed by atoms with Crippen LogP contribution in [0.1, 0.15) is 27.4 Å². The van der Waals surface area contributed by atoms with Crippen LogP contribution in [0.3, 0.4) is 0 Å². The topological polar surface area (TPSA) is 107 Å². The standard InChI is InChI=1S/C26H26N2O6S/c1-32-24-13-7-11-20(25(24)33-2)22(21-15-27-23-12-5-4-10-19(21)23)16-28-35(30,31)18-9-6-8-17(14-18)26(29)34-3/h4-15,22,27-28H,16H2,1-3H3. The average Bonchev–Trinajstić information content (AvgIpc) is 3.32. The third-order valence-corrected chi connectivity index (χ3v) is 7.27. The molecule has 4 aromatic rings. The fraction of sp³-hybridized carbons (Fsp3) is 0.192. The predicted octanol–water partition coefficient (Wildman–Crippen LogP) is 4.08. The van der Waals surface area contributed by atoms with Crippen molar-refractivity contribution < 1.29 is 27.4 Å². The van der Waals surface area contributed by atoms with Gasteiger partial charge in [-0.3, -0.25) is 0 Å². The number of nitrogens with one attached hydrogen (secondary N) is 2. The third kappa shape index (κ3) is 4.87. The first kappa shape index (κ1) is 24.3. The molecule has 0 aliphatic heterocycles. The van der Waals surface area contributed by atoms with Crippen molar-refractivity contribution in [2.24, 2.45) is 0 Å². The van der Waals surface area contributed by atoms with Crippen molar-refractivity contribution in [3.63, 3.8) is 0 Å². The smallest absolute Gasteiger partial charge is 0.337 e. The van der Waals surface area contributed by atoms with Gasteiger partial charge in [0.2, 0.25) is 10.0 Å². The number of hydrogen-bond donors (Lipinski definition) is 2. The van der Waals surface area contributed by atoms with Gasteiger partial charge in [0.15, 0.2) is 11.5 Å². The molecule has 0 aliphatic carbocycles. The average molecular weight is 495 g/mol. The minimum atomic E-state index is -3.95. The normalized spacial score (nSPS) is 12.3. The van der Waals surface area contributed by atoms with Crippen molar-refractivity contribution in [3.8, 4) is 11.5 Å². The molecule has 182 valence electrons. The first-order valence-corrected chi connectivity index (χ1v) is 12.3. The predicted molar refractivity (Wildman–Crippen MR) is 133 cm³/mol. The number of sulfonamides is 1. The lowest BCUT2D eigenvalue weighted by atomic mass is 9.90. The number of carbonyl (C=O) groups is 1. The summed E-state index contributed by atoms with van der Waals surface area (Å²) in [5.41, 5.74) is 2.75. The van der Waals surface area contributed by atoms with Crippen LogP contribution in [0.15, 0.2) is 77.8 Å². The van der Waals surface area contributed by atoms with Gasteiger partial charge in [-0.1, -0.05) is 36.4 Å².